The molecule has 0 heterocycles. The molecule has 0 rings (SSSR count). The Morgan fingerprint density at radius 1 is 1.25 bits per heavy atom. The molecule has 0 aromatic carbocycles. The highest BCUT2D eigenvalue weighted by Crippen LogP contribution is 2.23. The van der Waals surface area contributed by atoms with E-state index in [2.05, 4.69) is 12.6 Å². The van der Waals surface area contributed by atoms with Gasteiger partial charge in [-0.25, -0.2) is 0 Å². The van der Waals surface area contributed by atoms with E-state index in [0.717, 1.165) is 6.42 Å². The number of hydrogen-bond acceptors (Lipinski definition) is 5. The molecule has 0 aromatic rings. The van der Waals surface area contributed by atoms with Crippen molar-refractivity contribution in [2.24, 2.45) is 0 Å². The van der Waals surface area contributed by atoms with Gasteiger partial charge in [0.05, 0.1) is 10.9 Å². The smallest absolute Gasteiger partial charge is 0.373 e. The minimum Gasteiger partial charge on any atom is -0.373 e. The fraction of sp³-hybridized carbons (Fsp3) is 0.900. The van der Waals surface area contributed by atoms with Crippen LogP contribution in [0.4, 0.5) is 0 Å². The molecular weight excluding hydrogens is 242 g/mol. The van der Waals surface area contributed by atoms with Crippen molar-refractivity contribution in [1.82, 2.24) is 0 Å². The molecule has 0 saturated heterocycles. The van der Waals surface area contributed by atoms with Gasteiger partial charge in [-0.2, -0.15) is 17.9 Å². The Balaban J connectivity index is 4.85. The summed E-state index contributed by atoms with van der Waals surface area (Å²) < 4.78 is 17.0. The monoisotopic (exact) mass is 263 g/mol. The number of thiol groups is 1. The summed E-state index contributed by atoms with van der Waals surface area (Å²) in [6.45, 7) is 8.46. The van der Waals surface area contributed by atoms with Gasteiger partial charge >= 0.3 is 8.80 Å². The minimum absolute atomic E-state index is 0.0943. The second-order valence-electron chi connectivity index (χ2n) is 3.28. The number of nitrogens with zero attached hydrogens (tertiary/aromatic N) is 1. The van der Waals surface area contributed by atoms with Crippen molar-refractivity contribution in [3.05, 3.63) is 0 Å². The Kier molecular flexibility index (Phi) is 8.06. The summed E-state index contributed by atoms with van der Waals surface area (Å²) in [5, 5.41) is 8.80. The lowest BCUT2D eigenvalue weighted by Crippen LogP contribution is -2.55. The van der Waals surface area contributed by atoms with Gasteiger partial charge in [-0.3, -0.25) is 0 Å². The molecule has 0 bridgehead atoms. The second-order valence-corrected chi connectivity index (χ2v) is 7.11. The van der Waals surface area contributed by atoms with Crippen LogP contribution in [0.1, 0.15) is 34.1 Å². The van der Waals surface area contributed by atoms with Gasteiger partial charge in [0.25, 0.3) is 0 Å². The Labute approximate surface area is 105 Å². The van der Waals surface area contributed by atoms with Crippen LogP contribution >= 0.6 is 12.6 Å². The predicted molar refractivity (Wildman–Crippen MR) is 68.2 cm³/mol. The zero-order valence-corrected chi connectivity index (χ0v) is 12.3. The molecule has 6 heteroatoms. The molecule has 0 aliphatic rings. The van der Waals surface area contributed by atoms with Crippen LogP contribution in [-0.4, -0.2) is 33.0 Å². The molecule has 0 aliphatic heterocycles. The maximum absolute atomic E-state index is 8.80. The molecule has 4 nitrogen and oxygen atoms in total. The maximum atomic E-state index is 8.80. The highest BCUT2D eigenvalue weighted by atomic mass is 32.1. The van der Waals surface area contributed by atoms with E-state index in [0.29, 0.717) is 13.2 Å². The normalized spacial score (nSPS) is 15.5. The van der Waals surface area contributed by atoms with Crippen molar-refractivity contribution in [3.8, 4) is 6.07 Å². The standard InChI is InChI=1S/C10H21NO3SSi/c1-5-10(15)16(12-6-2,13-7-3)14-9(4)8-11/h9-10,15H,5-7H2,1-4H3. The zero-order chi connectivity index (χ0) is 12.6. The molecule has 0 amide bonds. The first-order chi connectivity index (χ1) is 7.56. The van der Waals surface area contributed by atoms with Crippen molar-refractivity contribution in [1.29, 1.82) is 5.26 Å². The summed E-state index contributed by atoms with van der Waals surface area (Å²) in [5.74, 6) is 0. The van der Waals surface area contributed by atoms with Crippen molar-refractivity contribution >= 4 is 21.4 Å². The average Bonchev–Trinajstić information content (AvgIpc) is 2.28. The topological polar surface area (TPSA) is 51.5 Å². The Morgan fingerprint density at radius 2 is 1.75 bits per heavy atom. The summed E-state index contributed by atoms with van der Waals surface area (Å²) in [4.78, 5) is -0.0943. The number of rotatable bonds is 8. The Hall–Kier alpha value is -0.0631. The molecule has 0 saturated carbocycles. The quantitative estimate of drug-likeness (QED) is 0.539. The largest absolute Gasteiger partial charge is 0.515 e. The molecule has 0 aromatic heterocycles. The first-order valence-electron chi connectivity index (χ1n) is 5.59. The van der Waals surface area contributed by atoms with Crippen LogP contribution in [-0.2, 0) is 13.3 Å². The summed E-state index contributed by atoms with van der Waals surface area (Å²) in [5.41, 5.74) is 0. The van der Waals surface area contributed by atoms with Crippen molar-refractivity contribution in [2.45, 2.75) is 45.1 Å². The van der Waals surface area contributed by atoms with E-state index in [1.54, 1.807) is 6.92 Å². The van der Waals surface area contributed by atoms with Crippen molar-refractivity contribution in [3.63, 3.8) is 0 Å². The Bertz CT molecular complexity index is 229. The lowest BCUT2D eigenvalue weighted by atomic mass is 10.5. The SMILES string of the molecule is CCO[Si](OCC)(OC(C)C#N)C(S)CC. The molecule has 2 unspecified atom stereocenters. The predicted octanol–water partition coefficient (Wildman–Crippen LogP) is 2.17. The number of nitriles is 1. The first-order valence-corrected chi connectivity index (χ1v) is 7.91. The fourth-order valence-electron chi connectivity index (χ4n) is 1.31. The van der Waals surface area contributed by atoms with Gasteiger partial charge in [0.2, 0.25) is 0 Å². The molecule has 0 radical (unpaired) electrons. The van der Waals surface area contributed by atoms with Crippen LogP contribution < -0.4 is 0 Å². The lowest BCUT2D eigenvalue weighted by molar-refractivity contribution is 0.0524. The Morgan fingerprint density at radius 3 is 2.06 bits per heavy atom. The van der Waals surface area contributed by atoms with E-state index in [1.165, 1.54) is 0 Å². The summed E-state index contributed by atoms with van der Waals surface area (Å²) in [6, 6.07) is 2.03. The van der Waals surface area contributed by atoms with E-state index < -0.39 is 14.9 Å². The van der Waals surface area contributed by atoms with E-state index in [9.17, 15) is 0 Å². The van der Waals surface area contributed by atoms with E-state index in [1.807, 2.05) is 26.8 Å². The van der Waals surface area contributed by atoms with Gasteiger partial charge in [-0.05, 0) is 27.2 Å². The number of hydrogen-bond donors (Lipinski definition) is 1. The second kappa shape index (κ2) is 8.09. The first kappa shape index (κ1) is 15.9. The third-order valence-corrected chi connectivity index (χ3v) is 6.61. The van der Waals surface area contributed by atoms with Crippen LogP contribution in [0.5, 0.6) is 0 Å². The summed E-state index contributed by atoms with van der Waals surface area (Å²) >= 11 is 4.47. The molecular formula is C10H21NO3SSi. The van der Waals surface area contributed by atoms with Crippen LogP contribution in [0.2, 0.25) is 0 Å². The molecule has 2 atom stereocenters. The summed E-state index contributed by atoms with van der Waals surface area (Å²) in [6.07, 6.45) is 0.249. The van der Waals surface area contributed by atoms with E-state index >= 15 is 0 Å². The molecule has 0 spiro atoms. The molecule has 0 fully saturated rings. The summed E-state index contributed by atoms with van der Waals surface area (Å²) in [7, 11) is -2.84. The molecule has 0 N–H and O–H groups in total. The van der Waals surface area contributed by atoms with Crippen LogP contribution in [0.3, 0.4) is 0 Å². The molecule has 0 aliphatic carbocycles. The van der Waals surface area contributed by atoms with Crippen molar-refractivity contribution < 1.29 is 13.3 Å². The van der Waals surface area contributed by atoms with Gasteiger partial charge < -0.3 is 13.3 Å². The van der Waals surface area contributed by atoms with Gasteiger partial charge in [-0.15, -0.1) is 0 Å². The highest BCUT2D eigenvalue weighted by molar-refractivity contribution is 7.83. The van der Waals surface area contributed by atoms with E-state index in [4.69, 9.17) is 18.5 Å². The maximum Gasteiger partial charge on any atom is 0.515 e. The fourth-order valence-corrected chi connectivity index (χ4v) is 4.55. The highest BCUT2D eigenvalue weighted by Gasteiger charge is 2.48. The van der Waals surface area contributed by atoms with Gasteiger partial charge in [0, 0.05) is 13.2 Å². The van der Waals surface area contributed by atoms with Gasteiger partial charge in [-0.1, -0.05) is 6.92 Å². The zero-order valence-electron chi connectivity index (χ0n) is 10.4. The molecule has 94 valence electrons. The van der Waals surface area contributed by atoms with E-state index in [-0.39, 0.29) is 4.87 Å². The van der Waals surface area contributed by atoms with Gasteiger partial charge in [0.1, 0.15) is 6.10 Å². The average molecular weight is 263 g/mol. The van der Waals surface area contributed by atoms with Gasteiger partial charge in [0.15, 0.2) is 0 Å². The third kappa shape index (κ3) is 4.43. The lowest BCUT2D eigenvalue weighted by Gasteiger charge is -2.33. The molecule has 16 heavy (non-hydrogen) atoms. The van der Waals surface area contributed by atoms with Crippen LogP contribution in [0.15, 0.2) is 0 Å². The van der Waals surface area contributed by atoms with Crippen LogP contribution in [0.25, 0.3) is 0 Å². The van der Waals surface area contributed by atoms with Crippen LogP contribution in [0, 0.1) is 11.3 Å². The van der Waals surface area contributed by atoms with Crippen molar-refractivity contribution in [2.75, 3.05) is 13.2 Å². The minimum atomic E-state index is -2.84. The third-order valence-electron chi connectivity index (χ3n) is 2.01.